The maximum absolute atomic E-state index is 11.8. The van der Waals surface area contributed by atoms with E-state index >= 15 is 0 Å². The van der Waals surface area contributed by atoms with E-state index in [4.69, 9.17) is 0 Å². The van der Waals surface area contributed by atoms with Crippen molar-refractivity contribution in [2.24, 2.45) is 0 Å². The summed E-state index contributed by atoms with van der Waals surface area (Å²) in [6, 6.07) is 1.56. The smallest absolute Gasteiger partial charge is 0.370 e. The van der Waals surface area contributed by atoms with Crippen molar-refractivity contribution in [2.45, 2.75) is 12.7 Å². The first-order chi connectivity index (χ1) is 7.79. The van der Waals surface area contributed by atoms with Gasteiger partial charge in [-0.2, -0.15) is 13.2 Å². The van der Waals surface area contributed by atoms with Gasteiger partial charge in [-0.15, -0.1) is 0 Å². The van der Waals surface area contributed by atoms with Crippen molar-refractivity contribution in [2.75, 3.05) is 13.2 Å². The minimum Gasteiger partial charge on any atom is -0.370 e. The zero-order valence-corrected chi connectivity index (χ0v) is 11.6. The lowest BCUT2D eigenvalue weighted by Gasteiger charge is -2.09. The molecule has 0 aliphatic heterocycles. The van der Waals surface area contributed by atoms with Crippen LogP contribution in [0.4, 0.5) is 13.2 Å². The summed E-state index contributed by atoms with van der Waals surface area (Å²) in [6.07, 6.45) is -2.85. The molecule has 3 nitrogen and oxygen atoms in total. The predicted molar refractivity (Wildman–Crippen MR) is 63.0 cm³/mol. The summed E-state index contributed by atoms with van der Waals surface area (Å²) >= 11 is 6.23. The number of alkyl halides is 3. The van der Waals surface area contributed by atoms with E-state index in [1.807, 2.05) is 0 Å². The number of nitrogens with zero attached hydrogens (tertiary/aromatic N) is 1. The van der Waals surface area contributed by atoms with Gasteiger partial charge >= 0.3 is 6.18 Å². The topological polar surface area (TPSA) is 31.2 Å². The normalized spacial score (nSPS) is 11.8. The number of rotatable bonds is 4. The highest BCUT2D eigenvalue weighted by Gasteiger charge is 2.27. The molecule has 0 N–H and O–H groups in total. The molecule has 0 radical (unpaired) electrons. The maximum atomic E-state index is 11.8. The molecule has 0 unspecified atom stereocenters. The monoisotopic (exact) mass is 377 g/mol. The van der Waals surface area contributed by atoms with E-state index in [-0.39, 0.29) is 18.7 Å². The molecule has 17 heavy (non-hydrogen) atoms. The second-order valence-electron chi connectivity index (χ2n) is 3.17. The van der Waals surface area contributed by atoms with E-state index < -0.39 is 12.8 Å². The molecule has 0 aliphatic carbocycles. The first-order valence-corrected chi connectivity index (χ1v) is 6.08. The van der Waals surface area contributed by atoms with E-state index in [2.05, 4.69) is 36.6 Å². The van der Waals surface area contributed by atoms with Gasteiger partial charge in [-0.05, 0) is 37.9 Å². The minimum absolute atomic E-state index is 0.0625. The second kappa shape index (κ2) is 6.01. The molecule has 0 aromatic carbocycles. The predicted octanol–water partition coefficient (Wildman–Crippen LogP) is 2.95. The van der Waals surface area contributed by atoms with Crippen LogP contribution in [0.3, 0.4) is 0 Å². The number of halogens is 5. The third-order valence-electron chi connectivity index (χ3n) is 1.75. The van der Waals surface area contributed by atoms with Gasteiger partial charge in [0.25, 0.3) is 5.56 Å². The zero-order chi connectivity index (χ0) is 13.1. The van der Waals surface area contributed by atoms with Crippen molar-refractivity contribution in [1.29, 1.82) is 0 Å². The van der Waals surface area contributed by atoms with Crippen LogP contribution in [0.25, 0.3) is 0 Å². The Balaban J connectivity index is 2.56. The zero-order valence-electron chi connectivity index (χ0n) is 8.43. The fraction of sp³-hybridized carbons (Fsp3) is 0.444. The van der Waals surface area contributed by atoms with E-state index in [9.17, 15) is 18.0 Å². The van der Waals surface area contributed by atoms with Gasteiger partial charge in [-0.25, -0.2) is 0 Å². The molecule has 1 rings (SSSR count). The van der Waals surface area contributed by atoms with Crippen molar-refractivity contribution in [3.05, 3.63) is 31.6 Å². The molecule has 1 aromatic rings. The summed E-state index contributed by atoms with van der Waals surface area (Å²) < 4.78 is 42.0. The Kier molecular flexibility index (Phi) is 5.21. The number of hydrogen-bond acceptors (Lipinski definition) is 2. The summed E-state index contributed by atoms with van der Waals surface area (Å²) in [5, 5.41) is 0. The van der Waals surface area contributed by atoms with Crippen LogP contribution in [0, 0.1) is 0 Å². The maximum Gasteiger partial charge on any atom is 0.411 e. The fourth-order valence-electron chi connectivity index (χ4n) is 1.08. The third-order valence-corrected chi connectivity index (χ3v) is 2.75. The number of aromatic nitrogens is 1. The Morgan fingerprint density at radius 1 is 1.35 bits per heavy atom. The van der Waals surface area contributed by atoms with Crippen molar-refractivity contribution in [3.8, 4) is 0 Å². The molecular formula is C9H8Br2F3NO2. The van der Waals surface area contributed by atoms with Crippen molar-refractivity contribution < 1.29 is 17.9 Å². The van der Waals surface area contributed by atoms with E-state index in [1.165, 1.54) is 10.8 Å². The molecule has 0 amide bonds. The van der Waals surface area contributed by atoms with Gasteiger partial charge in [-0.3, -0.25) is 4.79 Å². The van der Waals surface area contributed by atoms with Gasteiger partial charge in [0.05, 0.1) is 11.1 Å². The number of ether oxygens (including phenoxy) is 1. The highest BCUT2D eigenvalue weighted by atomic mass is 79.9. The van der Waals surface area contributed by atoms with Crippen LogP contribution in [0.2, 0.25) is 0 Å². The second-order valence-corrected chi connectivity index (χ2v) is 4.94. The molecule has 8 heteroatoms. The van der Waals surface area contributed by atoms with E-state index in [0.717, 1.165) is 0 Å². The van der Waals surface area contributed by atoms with Gasteiger partial charge in [-0.1, -0.05) is 0 Å². The number of hydrogen-bond donors (Lipinski definition) is 0. The SMILES string of the molecule is O=c1c(Br)cc(Br)cn1CCOCC(F)(F)F. The largest absolute Gasteiger partial charge is 0.411 e. The first-order valence-electron chi connectivity index (χ1n) is 4.49. The van der Waals surface area contributed by atoms with Gasteiger partial charge in [0.15, 0.2) is 0 Å². The highest BCUT2D eigenvalue weighted by Crippen LogP contribution is 2.15. The average Bonchev–Trinajstić information content (AvgIpc) is 2.18. The molecular weight excluding hydrogens is 371 g/mol. The molecule has 0 spiro atoms. The quantitative estimate of drug-likeness (QED) is 0.754. The number of pyridine rings is 1. The lowest BCUT2D eigenvalue weighted by atomic mass is 10.4. The van der Waals surface area contributed by atoms with Crippen LogP contribution < -0.4 is 5.56 Å². The molecule has 0 bridgehead atoms. The van der Waals surface area contributed by atoms with Crippen LogP contribution in [0.5, 0.6) is 0 Å². The molecule has 0 fully saturated rings. The lowest BCUT2D eigenvalue weighted by Crippen LogP contribution is -2.24. The molecule has 96 valence electrons. The minimum atomic E-state index is -4.34. The Bertz CT molecular complexity index is 445. The van der Waals surface area contributed by atoms with Gasteiger partial charge in [0, 0.05) is 17.2 Å². The van der Waals surface area contributed by atoms with Crippen molar-refractivity contribution >= 4 is 31.9 Å². The summed E-state index contributed by atoms with van der Waals surface area (Å²) in [7, 11) is 0. The van der Waals surface area contributed by atoms with Gasteiger partial charge < -0.3 is 9.30 Å². The van der Waals surface area contributed by atoms with Crippen LogP contribution in [-0.4, -0.2) is 24.0 Å². The van der Waals surface area contributed by atoms with Crippen LogP contribution in [0.1, 0.15) is 0 Å². The Hall–Kier alpha value is -0.340. The average molecular weight is 379 g/mol. The summed E-state index contributed by atoms with van der Waals surface area (Å²) in [4.78, 5) is 11.5. The summed E-state index contributed by atoms with van der Waals surface area (Å²) in [6.45, 7) is -1.42. The van der Waals surface area contributed by atoms with Crippen molar-refractivity contribution in [3.63, 3.8) is 0 Å². The molecule has 0 aliphatic rings. The molecule has 0 saturated carbocycles. The lowest BCUT2D eigenvalue weighted by molar-refractivity contribution is -0.174. The van der Waals surface area contributed by atoms with Crippen LogP contribution >= 0.6 is 31.9 Å². The Labute approximate surface area is 112 Å². The van der Waals surface area contributed by atoms with Crippen molar-refractivity contribution in [1.82, 2.24) is 4.57 Å². The van der Waals surface area contributed by atoms with E-state index in [0.29, 0.717) is 8.95 Å². The summed E-state index contributed by atoms with van der Waals surface area (Å²) in [5.41, 5.74) is -0.316. The van der Waals surface area contributed by atoms with E-state index in [1.54, 1.807) is 6.07 Å². The molecule has 1 heterocycles. The Morgan fingerprint density at radius 2 is 2.00 bits per heavy atom. The Morgan fingerprint density at radius 3 is 2.59 bits per heavy atom. The fourth-order valence-corrected chi connectivity index (χ4v) is 2.34. The highest BCUT2D eigenvalue weighted by molar-refractivity contribution is 9.11. The first kappa shape index (κ1) is 14.7. The van der Waals surface area contributed by atoms with Gasteiger partial charge in [0.2, 0.25) is 0 Å². The molecule has 1 aromatic heterocycles. The molecule has 0 atom stereocenters. The summed E-state index contributed by atoms with van der Waals surface area (Å²) in [5.74, 6) is 0. The van der Waals surface area contributed by atoms with Gasteiger partial charge in [0.1, 0.15) is 6.61 Å². The molecule has 0 saturated heterocycles. The van der Waals surface area contributed by atoms with Crippen LogP contribution in [0.15, 0.2) is 26.0 Å². The standard InChI is InChI=1S/C9H8Br2F3NO2/c10-6-3-7(11)8(16)15(4-6)1-2-17-5-9(12,13)14/h3-4H,1-2,5H2. The third kappa shape index (κ3) is 5.22. The van der Waals surface area contributed by atoms with Crippen LogP contribution in [-0.2, 0) is 11.3 Å².